The van der Waals surface area contributed by atoms with E-state index in [4.69, 9.17) is 11.6 Å². The van der Waals surface area contributed by atoms with Crippen molar-refractivity contribution in [1.82, 2.24) is 10.6 Å². The molecule has 0 bridgehead atoms. The van der Waals surface area contributed by atoms with Crippen molar-refractivity contribution in [3.63, 3.8) is 0 Å². The van der Waals surface area contributed by atoms with Crippen molar-refractivity contribution in [1.29, 1.82) is 0 Å². The third-order valence-electron chi connectivity index (χ3n) is 3.32. The smallest absolute Gasteiger partial charge is 0.251 e. The van der Waals surface area contributed by atoms with E-state index >= 15 is 0 Å². The number of amides is 2. The van der Waals surface area contributed by atoms with Gasteiger partial charge in [-0.15, -0.1) is 0 Å². The Labute approximate surface area is 142 Å². The maximum atomic E-state index is 13.6. The molecular weight excluding hydrogens is 338 g/mol. The fourth-order valence-corrected chi connectivity index (χ4v) is 2.21. The zero-order valence-corrected chi connectivity index (χ0v) is 13.5. The summed E-state index contributed by atoms with van der Waals surface area (Å²) in [5.74, 6) is -2.35. The molecule has 1 unspecified atom stereocenters. The van der Waals surface area contributed by atoms with E-state index in [2.05, 4.69) is 10.6 Å². The molecule has 2 aromatic rings. The second kappa shape index (κ2) is 7.88. The van der Waals surface area contributed by atoms with Gasteiger partial charge in [-0.1, -0.05) is 17.7 Å². The number of nitrogens with one attached hydrogen (secondary N) is 2. The highest BCUT2D eigenvalue weighted by Gasteiger charge is 2.15. The molecule has 0 saturated heterocycles. The molecule has 2 aromatic carbocycles. The van der Waals surface area contributed by atoms with Gasteiger partial charge in [0.05, 0.1) is 12.6 Å². The van der Waals surface area contributed by atoms with Gasteiger partial charge >= 0.3 is 0 Å². The Morgan fingerprint density at radius 1 is 1.12 bits per heavy atom. The molecule has 4 nitrogen and oxygen atoms in total. The second-order valence-corrected chi connectivity index (χ2v) is 5.58. The summed E-state index contributed by atoms with van der Waals surface area (Å²) in [5.41, 5.74) is 0.526. The Morgan fingerprint density at radius 3 is 2.42 bits per heavy atom. The van der Waals surface area contributed by atoms with E-state index in [1.165, 1.54) is 18.2 Å². The molecular formula is C17H15ClF2N2O2. The lowest BCUT2D eigenvalue weighted by Gasteiger charge is -2.15. The van der Waals surface area contributed by atoms with Gasteiger partial charge in [-0.2, -0.15) is 0 Å². The van der Waals surface area contributed by atoms with E-state index in [-0.39, 0.29) is 12.1 Å². The number of benzene rings is 2. The summed E-state index contributed by atoms with van der Waals surface area (Å²) in [6.45, 7) is 1.30. The number of halogens is 3. The first-order chi connectivity index (χ1) is 11.4. The van der Waals surface area contributed by atoms with Gasteiger partial charge in [0, 0.05) is 22.2 Å². The van der Waals surface area contributed by atoms with Crippen LogP contribution in [0.2, 0.25) is 5.02 Å². The van der Waals surface area contributed by atoms with Crippen molar-refractivity contribution >= 4 is 23.4 Å². The van der Waals surface area contributed by atoms with Crippen LogP contribution in [0.5, 0.6) is 0 Å². The Hall–Kier alpha value is -2.47. The van der Waals surface area contributed by atoms with E-state index in [0.29, 0.717) is 10.6 Å². The van der Waals surface area contributed by atoms with Crippen molar-refractivity contribution in [2.75, 3.05) is 6.54 Å². The van der Waals surface area contributed by atoms with Crippen molar-refractivity contribution < 1.29 is 18.4 Å². The lowest BCUT2D eigenvalue weighted by molar-refractivity contribution is -0.120. The molecule has 0 aliphatic rings. The SMILES string of the molecule is CC(NC(=O)CNC(=O)c1ccc(Cl)cc1)c1ccc(F)cc1F. The maximum Gasteiger partial charge on any atom is 0.251 e. The molecule has 0 spiro atoms. The molecule has 1 atom stereocenters. The fraction of sp³-hybridized carbons (Fsp3) is 0.176. The van der Waals surface area contributed by atoms with Crippen LogP contribution >= 0.6 is 11.6 Å². The minimum absolute atomic E-state index is 0.161. The van der Waals surface area contributed by atoms with E-state index < -0.39 is 29.5 Å². The average Bonchev–Trinajstić information content (AvgIpc) is 2.53. The predicted molar refractivity (Wildman–Crippen MR) is 86.7 cm³/mol. The van der Waals surface area contributed by atoms with Crippen LogP contribution in [-0.2, 0) is 4.79 Å². The van der Waals surface area contributed by atoms with Crippen molar-refractivity contribution in [2.24, 2.45) is 0 Å². The minimum atomic E-state index is -0.743. The molecule has 24 heavy (non-hydrogen) atoms. The van der Waals surface area contributed by atoms with Gasteiger partial charge in [-0.25, -0.2) is 8.78 Å². The molecule has 0 aromatic heterocycles. The highest BCUT2D eigenvalue weighted by Crippen LogP contribution is 2.17. The van der Waals surface area contributed by atoms with E-state index in [1.54, 1.807) is 19.1 Å². The van der Waals surface area contributed by atoms with Gasteiger partial charge in [0.1, 0.15) is 11.6 Å². The van der Waals surface area contributed by atoms with Gasteiger partial charge in [0.15, 0.2) is 0 Å². The monoisotopic (exact) mass is 352 g/mol. The van der Waals surface area contributed by atoms with Crippen LogP contribution in [0.1, 0.15) is 28.9 Å². The highest BCUT2D eigenvalue weighted by atomic mass is 35.5. The van der Waals surface area contributed by atoms with E-state index in [1.807, 2.05) is 0 Å². The van der Waals surface area contributed by atoms with Gasteiger partial charge < -0.3 is 10.6 Å². The highest BCUT2D eigenvalue weighted by molar-refractivity contribution is 6.30. The summed E-state index contributed by atoms with van der Waals surface area (Å²) >= 11 is 5.73. The zero-order valence-electron chi connectivity index (χ0n) is 12.8. The topological polar surface area (TPSA) is 58.2 Å². The van der Waals surface area contributed by atoms with Gasteiger partial charge in [-0.3, -0.25) is 9.59 Å². The van der Waals surface area contributed by atoms with Gasteiger partial charge in [0.25, 0.3) is 5.91 Å². The standard InChI is InChI=1S/C17H15ClF2N2O2/c1-10(14-7-6-13(19)8-15(14)20)22-16(23)9-21-17(24)11-2-4-12(18)5-3-11/h2-8,10H,9H2,1H3,(H,21,24)(H,22,23). The van der Waals surface area contributed by atoms with Crippen LogP contribution in [0, 0.1) is 11.6 Å². The van der Waals surface area contributed by atoms with Crippen LogP contribution in [0.15, 0.2) is 42.5 Å². The van der Waals surface area contributed by atoms with Crippen molar-refractivity contribution in [3.05, 3.63) is 70.2 Å². The molecule has 7 heteroatoms. The molecule has 0 fully saturated rings. The van der Waals surface area contributed by atoms with Crippen LogP contribution < -0.4 is 10.6 Å². The summed E-state index contributed by atoms with van der Waals surface area (Å²) in [7, 11) is 0. The van der Waals surface area contributed by atoms with Crippen molar-refractivity contribution in [3.8, 4) is 0 Å². The number of hydrogen-bond acceptors (Lipinski definition) is 2. The van der Waals surface area contributed by atoms with Gasteiger partial charge in [0.2, 0.25) is 5.91 Å². The predicted octanol–water partition coefficient (Wildman–Crippen LogP) is 3.23. The fourth-order valence-electron chi connectivity index (χ4n) is 2.09. The molecule has 0 aliphatic carbocycles. The third kappa shape index (κ3) is 4.76. The largest absolute Gasteiger partial charge is 0.348 e. The number of carbonyl (C=O) groups excluding carboxylic acids is 2. The summed E-state index contributed by atoms with van der Waals surface area (Å²) in [4.78, 5) is 23.7. The van der Waals surface area contributed by atoms with Crippen LogP contribution in [-0.4, -0.2) is 18.4 Å². The molecule has 126 valence electrons. The van der Waals surface area contributed by atoms with Crippen LogP contribution in [0.4, 0.5) is 8.78 Å². The first-order valence-electron chi connectivity index (χ1n) is 7.15. The lowest BCUT2D eigenvalue weighted by atomic mass is 10.1. The first-order valence-corrected chi connectivity index (χ1v) is 7.52. The van der Waals surface area contributed by atoms with Crippen molar-refractivity contribution in [2.45, 2.75) is 13.0 Å². The molecule has 2 amide bonds. The lowest BCUT2D eigenvalue weighted by Crippen LogP contribution is -2.38. The number of hydrogen-bond donors (Lipinski definition) is 2. The Balaban J connectivity index is 1.88. The first kappa shape index (κ1) is 17.9. The summed E-state index contributed by atoms with van der Waals surface area (Å²) in [6.07, 6.45) is 0. The van der Waals surface area contributed by atoms with Gasteiger partial charge in [-0.05, 0) is 37.3 Å². The number of rotatable bonds is 5. The average molecular weight is 353 g/mol. The molecule has 0 radical (unpaired) electrons. The Kier molecular flexibility index (Phi) is 5.87. The summed E-state index contributed by atoms with van der Waals surface area (Å²) in [5, 5.41) is 5.49. The number of carbonyl (C=O) groups is 2. The third-order valence-corrected chi connectivity index (χ3v) is 3.57. The van der Waals surface area contributed by atoms with Crippen LogP contribution in [0.25, 0.3) is 0 Å². The van der Waals surface area contributed by atoms with Crippen LogP contribution in [0.3, 0.4) is 0 Å². The van der Waals surface area contributed by atoms with E-state index in [9.17, 15) is 18.4 Å². The minimum Gasteiger partial charge on any atom is -0.348 e. The quantitative estimate of drug-likeness (QED) is 0.868. The zero-order chi connectivity index (χ0) is 17.7. The summed E-state index contributed by atoms with van der Waals surface area (Å²) < 4.78 is 26.5. The molecule has 0 aliphatic heterocycles. The normalized spacial score (nSPS) is 11.7. The second-order valence-electron chi connectivity index (χ2n) is 5.14. The summed E-state index contributed by atoms with van der Waals surface area (Å²) in [6, 6.07) is 8.67. The molecule has 2 rings (SSSR count). The molecule has 0 heterocycles. The Bertz CT molecular complexity index is 751. The maximum absolute atomic E-state index is 13.6. The molecule has 2 N–H and O–H groups in total. The van der Waals surface area contributed by atoms with E-state index in [0.717, 1.165) is 12.1 Å². The Morgan fingerprint density at radius 2 is 1.79 bits per heavy atom. The molecule has 0 saturated carbocycles.